The van der Waals surface area contributed by atoms with Crippen LogP contribution in [0.2, 0.25) is 0 Å². The molecule has 0 atom stereocenters. The first-order valence-electron chi connectivity index (χ1n) is 6.55. The van der Waals surface area contributed by atoms with Crippen molar-refractivity contribution in [3.05, 3.63) is 0 Å². The van der Waals surface area contributed by atoms with Gasteiger partial charge in [-0.15, -0.1) is 0 Å². The van der Waals surface area contributed by atoms with E-state index in [1.807, 2.05) is 0 Å². The third-order valence-electron chi connectivity index (χ3n) is 4.72. The van der Waals surface area contributed by atoms with E-state index in [2.05, 4.69) is 23.8 Å². The minimum Gasteiger partial charge on any atom is -0.341 e. The zero-order chi connectivity index (χ0) is 11.3. The Morgan fingerprint density at radius 1 is 1.25 bits per heavy atom. The highest BCUT2D eigenvalue weighted by molar-refractivity contribution is 5.80. The van der Waals surface area contributed by atoms with Crippen molar-refractivity contribution < 1.29 is 4.79 Å². The fourth-order valence-corrected chi connectivity index (χ4v) is 3.70. The lowest BCUT2D eigenvalue weighted by Crippen LogP contribution is -2.61. The molecule has 3 fully saturated rings. The monoisotopic (exact) mass is 222 g/mol. The average molecular weight is 222 g/mol. The molecular formula is C13H22N2O. The van der Waals surface area contributed by atoms with E-state index >= 15 is 0 Å². The second-order valence-electron chi connectivity index (χ2n) is 6.46. The summed E-state index contributed by atoms with van der Waals surface area (Å²) in [6.45, 7) is 6.70. The lowest BCUT2D eigenvalue weighted by molar-refractivity contribution is -0.151. The fourth-order valence-electron chi connectivity index (χ4n) is 3.70. The van der Waals surface area contributed by atoms with E-state index in [1.54, 1.807) is 0 Å². The normalized spacial score (nSPS) is 37.2. The lowest BCUT2D eigenvalue weighted by Gasteiger charge is -2.50. The van der Waals surface area contributed by atoms with Crippen molar-refractivity contribution in [3.63, 3.8) is 0 Å². The number of amides is 1. The van der Waals surface area contributed by atoms with Gasteiger partial charge in [-0.25, -0.2) is 0 Å². The van der Waals surface area contributed by atoms with Crippen molar-refractivity contribution in [3.8, 4) is 0 Å². The molecule has 0 bridgehead atoms. The van der Waals surface area contributed by atoms with Crippen LogP contribution in [0, 0.1) is 17.3 Å². The summed E-state index contributed by atoms with van der Waals surface area (Å²) in [6.07, 6.45) is 3.54. The maximum Gasteiger partial charge on any atom is 0.225 e. The topological polar surface area (TPSA) is 23.6 Å². The van der Waals surface area contributed by atoms with Crippen LogP contribution < -0.4 is 0 Å². The highest BCUT2D eigenvalue weighted by Gasteiger charge is 2.50. The Morgan fingerprint density at radius 3 is 2.44 bits per heavy atom. The molecule has 1 spiro atoms. The van der Waals surface area contributed by atoms with Gasteiger partial charge in [0.25, 0.3) is 0 Å². The lowest BCUT2D eigenvalue weighted by atomic mass is 9.72. The Morgan fingerprint density at radius 2 is 1.94 bits per heavy atom. The van der Waals surface area contributed by atoms with Gasteiger partial charge in [0.05, 0.1) is 0 Å². The molecule has 1 amide bonds. The summed E-state index contributed by atoms with van der Waals surface area (Å²) in [5.41, 5.74) is 0.472. The predicted molar refractivity (Wildman–Crippen MR) is 63.0 cm³/mol. The Hall–Kier alpha value is -0.570. The molecule has 1 saturated carbocycles. The van der Waals surface area contributed by atoms with Gasteiger partial charge < -0.3 is 9.80 Å². The SMILES string of the molecule is CC1CC(C(=O)N2CC3(CCN(C)C3)C2)C1. The van der Waals surface area contributed by atoms with Crippen LogP contribution in [0.25, 0.3) is 0 Å². The second kappa shape index (κ2) is 3.46. The maximum atomic E-state index is 12.1. The molecule has 2 aliphatic heterocycles. The quantitative estimate of drug-likeness (QED) is 0.665. The van der Waals surface area contributed by atoms with Crippen LogP contribution in [-0.2, 0) is 4.79 Å². The van der Waals surface area contributed by atoms with Gasteiger partial charge in [0.15, 0.2) is 0 Å². The molecule has 1 aliphatic carbocycles. The minimum atomic E-state index is 0.367. The molecule has 2 heterocycles. The Labute approximate surface area is 97.8 Å². The molecule has 0 aromatic carbocycles. The van der Waals surface area contributed by atoms with Crippen LogP contribution in [0.4, 0.5) is 0 Å². The summed E-state index contributed by atoms with van der Waals surface area (Å²) in [5, 5.41) is 0. The first kappa shape index (κ1) is 10.6. The molecule has 0 N–H and O–H groups in total. The zero-order valence-corrected chi connectivity index (χ0v) is 10.4. The number of likely N-dealkylation sites (tertiary alicyclic amines) is 2. The van der Waals surface area contributed by atoms with E-state index in [-0.39, 0.29) is 0 Å². The van der Waals surface area contributed by atoms with Gasteiger partial charge in [0, 0.05) is 31.0 Å². The number of carbonyl (C=O) groups excluding carboxylic acids is 1. The van der Waals surface area contributed by atoms with Crippen LogP contribution in [0.3, 0.4) is 0 Å². The third-order valence-corrected chi connectivity index (χ3v) is 4.72. The van der Waals surface area contributed by atoms with E-state index < -0.39 is 0 Å². The van der Waals surface area contributed by atoms with Gasteiger partial charge >= 0.3 is 0 Å². The maximum absolute atomic E-state index is 12.1. The van der Waals surface area contributed by atoms with E-state index in [0.29, 0.717) is 17.2 Å². The van der Waals surface area contributed by atoms with Crippen molar-refractivity contribution in [1.29, 1.82) is 0 Å². The van der Waals surface area contributed by atoms with Crippen molar-refractivity contribution in [2.45, 2.75) is 26.2 Å². The van der Waals surface area contributed by atoms with Crippen molar-refractivity contribution in [2.75, 3.05) is 33.2 Å². The molecule has 0 aromatic heterocycles. The van der Waals surface area contributed by atoms with E-state index in [4.69, 9.17) is 0 Å². The standard InChI is InChI=1S/C13H22N2O/c1-10-5-11(6-10)12(16)15-8-13(9-15)3-4-14(2)7-13/h10-11H,3-9H2,1-2H3. The van der Waals surface area contributed by atoms with Crippen LogP contribution in [0.1, 0.15) is 26.2 Å². The van der Waals surface area contributed by atoms with E-state index in [9.17, 15) is 4.79 Å². The number of carbonyl (C=O) groups is 1. The molecule has 0 unspecified atom stereocenters. The molecule has 3 rings (SSSR count). The van der Waals surface area contributed by atoms with Crippen molar-refractivity contribution in [2.24, 2.45) is 17.3 Å². The summed E-state index contributed by atoms with van der Waals surface area (Å²) in [5.74, 6) is 1.59. The molecule has 16 heavy (non-hydrogen) atoms. The Kier molecular flexibility index (Phi) is 2.29. The molecule has 2 saturated heterocycles. The van der Waals surface area contributed by atoms with Crippen molar-refractivity contribution in [1.82, 2.24) is 9.80 Å². The minimum absolute atomic E-state index is 0.367. The van der Waals surface area contributed by atoms with Gasteiger partial charge in [-0.1, -0.05) is 6.92 Å². The zero-order valence-electron chi connectivity index (χ0n) is 10.4. The van der Waals surface area contributed by atoms with Gasteiger partial charge in [-0.05, 0) is 38.8 Å². The van der Waals surface area contributed by atoms with Gasteiger partial charge in [-0.3, -0.25) is 4.79 Å². The molecule has 3 aliphatic rings. The largest absolute Gasteiger partial charge is 0.341 e. The predicted octanol–water partition coefficient (Wildman–Crippen LogP) is 1.20. The summed E-state index contributed by atoms with van der Waals surface area (Å²) in [4.78, 5) is 16.6. The molecule has 90 valence electrons. The first-order chi connectivity index (χ1) is 7.58. The number of hydrogen-bond acceptors (Lipinski definition) is 2. The number of hydrogen-bond donors (Lipinski definition) is 0. The summed E-state index contributed by atoms with van der Waals surface area (Å²) >= 11 is 0. The first-order valence-corrected chi connectivity index (χ1v) is 6.55. The van der Waals surface area contributed by atoms with Crippen LogP contribution in [-0.4, -0.2) is 48.9 Å². The number of nitrogens with zero attached hydrogens (tertiary/aromatic N) is 2. The van der Waals surface area contributed by atoms with Crippen LogP contribution >= 0.6 is 0 Å². The highest BCUT2D eigenvalue weighted by atomic mass is 16.2. The second-order valence-corrected chi connectivity index (χ2v) is 6.46. The summed E-state index contributed by atoms with van der Waals surface area (Å²) in [6, 6.07) is 0. The smallest absolute Gasteiger partial charge is 0.225 e. The molecule has 3 heteroatoms. The molecular weight excluding hydrogens is 200 g/mol. The van der Waals surface area contributed by atoms with E-state index in [1.165, 1.54) is 19.5 Å². The molecule has 0 aromatic rings. The number of rotatable bonds is 1. The van der Waals surface area contributed by atoms with Gasteiger partial charge in [-0.2, -0.15) is 0 Å². The van der Waals surface area contributed by atoms with Gasteiger partial charge in [0.1, 0.15) is 0 Å². The highest BCUT2D eigenvalue weighted by Crippen LogP contribution is 2.42. The van der Waals surface area contributed by atoms with Gasteiger partial charge in [0.2, 0.25) is 5.91 Å². The summed E-state index contributed by atoms with van der Waals surface area (Å²) in [7, 11) is 2.19. The molecule has 3 nitrogen and oxygen atoms in total. The van der Waals surface area contributed by atoms with Crippen LogP contribution in [0.15, 0.2) is 0 Å². The molecule has 0 radical (unpaired) electrons. The fraction of sp³-hybridized carbons (Fsp3) is 0.923. The Bertz CT molecular complexity index is 303. The summed E-state index contributed by atoms with van der Waals surface area (Å²) < 4.78 is 0. The van der Waals surface area contributed by atoms with E-state index in [0.717, 1.165) is 31.8 Å². The van der Waals surface area contributed by atoms with Crippen molar-refractivity contribution >= 4 is 5.91 Å². The third kappa shape index (κ3) is 1.56. The average Bonchev–Trinajstić information content (AvgIpc) is 2.52. The van der Waals surface area contributed by atoms with Crippen LogP contribution in [0.5, 0.6) is 0 Å². The Balaban J connectivity index is 1.51.